The number of carbonyl (C=O) groups excluding carboxylic acids is 1. The third kappa shape index (κ3) is 9.21. The number of likely N-dealkylation sites (N-methyl/N-ethyl adjacent to an activating group) is 1. The van der Waals surface area contributed by atoms with Crippen molar-refractivity contribution in [2.75, 3.05) is 39.8 Å². The van der Waals surface area contributed by atoms with E-state index in [1.54, 1.807) is 6.08 Å². The molecule has 0 atom stereocenters. The van der Waals surface area contributed by atoms with Crippen molar-refractivity contribution in [2.24, 2.45) is 5.73 Å². The van der Waals surface area contributed by atoms with Crippen LogP contribution in [0.2, 0.25) is 0 Å². The Bertz CT molecular complexity index is 311. The number of carbonyl (C=O) groups is 1. The molecule has 1 rings (SSSR count). The molecule has 0 spiro atoms. The van der Waals surface area contributed by atoms with E-state index in [4.69, 9.17) is 5.73 Å². The van der Waals surface area contributed by atoms with Gasteiger partial charge < -0.3 is 15.5 Å². The van der Waals surface area contributed by atoms with E-state index >= 15 is 0 Å². The molecule has 128 valence electrons. The third-order valence-electron chi connectivity index (χ3n) is 4.34. The fraction of sp³-hybridized carbons (Fsp3) is 0.833. The van der Waals surface area contributed by atoms with Gasteiger partial charge in [0.1, 0.15) is 0 Å². The topological polar surface area (TPSA) is 49.6 Å². The Morgan fingerprint density at radius 1 is 1.05 bits per heavy atom. The van der Waals surface area contributed by atoms with Crippen LogP contribution in [-0.2, 0) is 4.79 Å². The summed E-state index contributed by atoms with van der Waals surface area (Å²) in [6, 6.07) is 0. The quantitative estimate of drug-likeness (QED) is 0.471. The average Bonchev–Trinajstić information content (AvgIpc) is 2.54. The maximum absolute atomic E-state index is 12.0. The van der Waals surface area contributed by atoms with E-state index < -0.39 is 0 Å². The molecule has 4 nitrogen and oxygen atoms in total. The molecule has 1 aliphatic heterocycles. The van der Waals surface area contributed by atoms with Crippen molar-refractivity contribution < 1.29 is 4.79 Å². The first kappa shape index (κ1) is 19.2. The van der Waals surface area contributed by atoms with Gasteiger partial charge in [-0.15, -0.1) is 0 Å². The normalized spacial score (nSPS) is 15.9. The Hall–Kier alpha value is -0.870. The zero-order valence-corrected chi connectivity index (χ0v) is 14.4. The number of nitrogens with zero attached hydrogens (tertiary/aromatic N) is 2. The molecule has 1 fully saturated rings. The molecule has 22 heavy (non-hydrogen) atoms. The third-order valence-corrected chi connectivity index (χ3v) is 4.34. The van der Waals surface area contributed by atoms with Crippen LogP contribution in [0.5, 0.6) is 0 Å². The highest BCUT2D eigenvalue weighted by Gasteiger charge is 2.13. The number of rotatable bonds is 11. The first-order chi connectivity index (χ1) is 10.7. The number of piperidine rings is 1. The molecule has 1 saturated heterocycles. The molecule has 0 aliphatic carbocycles. The molecule has 0 aromatic heterocycles. The minimum Gasteiger partial charge on any atom is -0.339 e. The number of likely N-dealkylation sites (tertiary alicyclic amines) is 1. The van der Waals surface area contributed by atoms with Crippen molar-refractivity contribution in [1.82, 2.24) is 9.80 Å². The first-order valence-electron chi connectivity index (χ1n) is 9.08. The monoisotopic (exact) mass is 309 g/mol. The van der Waals surface area contributed by atoms with Crippen LogP contribution in [0.3, 0.4) is 0 Å². The minimum atomic E-state index is 0.188. The highest BCUT2D eigenvalue weighted by molar-refractivity contribution is 5.87. The second-order valence-electron chi connectivity index (χ2n) is 6.46. The Morgan fingerprint density at radius 3 is 2.36 bits per heavy atom. The molecule has 0 aromatic rings. The van der Waals surface area contributed by atoms with Crippen molar-refractivity contribution >= 4 is 5.91 Å². The highest BCUT2D eigenvalue weighted by atomic mass is 16.2. The van der Waals surface area contributed by atoms with E-state index in [9.17, 15) is 4.79 Å². The summed E-state index contributed by atoms with van der Waals surface area (Å²) in [6.07, 6.45) is 15.0. The summed E-state index contributed by atoms with van der Waals surface area (Å²) >= 11 is 0. The van der Waals surface area contributed by atoms with Crippen LogP contribution in [0.4, 0.5) is 0 Å². The SMILES string of the molecule is CN(C/C=C/C(=O)N1CCCCC1)CCCCCCCCN. The van der Waals surface area contributed by atoms with Crippen molar-refractivity contribution in [2.45, 2.75) is 57.8 Å². The predicted molar refractivity (Wildman–Crippen MR) is 93.8 cm³/mol. The zero-order chi connectivity index (χ0) is 16.0. The molecule has 1 amide bonds. The molecule has 1 aliphatic rings. The van der Waals surface area contributed by atoms with E-state index in [0.717, 1.165) is 52.0 Å². The van der Waals surface area contributed by atoms with Gasteiger partial charge in [-0.1, -0.05) is 31.8 Å². The molecule has 2 N–H and O–H groups in total. The molecular weight excluding hydrogens is 274 g/mol. The van der Waals surface area contributed by atoms with Gasteiger partial charge in [0.2, 0.25) is 5.91 Å². The second-order valence-corrected chi connectivity index (χ2v) is 6.46. The van der Waals surface area contributed by atoms with Gasteiger partial charge in [-0.25, -0.2) is 0 Å². The molecule has 0 saturated carbocycles. The Labute approximate surface area is 136 Å². The maximum Gasteiger partial charge on any atom is 0.246 e. The lowest BCUT2D eigenvalue weighted by molar-refractivity contribution is -0.126. The van der Waals surface area contributed by atoms with Crippen molar-refractivity contribution in [3.8, 4) is 0 Å². The fourth-order valence-corrected chi connectivity index (χ4v) is 2.88. The van der Waals surface area contributed by atoms with Crippen LogP contribution in [0.15, 0.2) is 12.2 Å². The molecule has 0 aromatic carbocycles. The Kier molecular flexibility index (Phi) is 11.0. The van der Waals surface area contributed by atoms with Gasteiger partial charge >= 0.3 is 0 Å². The number of nitrogens with two attached hydrogens (primary N) is 1. The van der Waals surface area contributed by atoms with Gasteiger partial charge in [-0.3, -0.25) is 4.79 Å². The first-order valence-corrected chi connectivity index (χ1v) is 9.08. The maximum atomic E-state index is 12.0. The van der Waals surface area contributed by atoms with E-state index in [-0.39, 0.29) is 5.91 Å². The van der Waals surface area contributed by atoms with Gasteiger partial charge in [0, 0.05) is 25.7 Å². The minimum absolute atomic E-state index is 0.188. The standard InChI is InChI=1S/C18H35N3O/c1-20(14-8-5-3-2-4-7-13-19)15-11-12-18(22)21-16-9-6-10-17-21/h11-12H,2-10,13-17,19H2,1H3/b12-11+. The summed E-state index contributed by atoms with van der Waals surface area (Å²) in [5.41, 5.74) is 5.48. The lowest BCUT2D eigenvalue weighted by atomic mass is 10.1. The van der Waals surface area contributed by atoms with Crippen molar-refractivity contribution in [3.05, 3.63) is 12.2 Å². The molecule has 1 heterocycles. The van der Waals surface area contributed by atoms with Gasteiger partial charge in [0.15, 0.2) is 0 Å². The average molecular weight is 309 g/mol. The number of unbranched alkanes of at least 4 members (excludes halogenated alkanes) is 5. The van der Waals surface area contributed by atoms with Gasteiger partial charge in [-0.05, 0) is 52.2 Å². The lowest BCUT2D eigenvalue weighted by Crippen LogP contribution is -2.34. The van der Waals surface area contributed by atoms with Crippen molar-refractivity contribution in [1.29, 1.82) is 0 Å². The van der Waals surface area contributed by atoms with E-state index in [2.05, 4.69) is 11.9 Å². The van der Waals surface area contributed by atoms with E-state index in [1.807, 2.05) is 11.0 Å². The van der Waals surface area contributed by atoms with Crippen LogP contribution in [-0.4, -0.2) is 55.5 Å². The Balaban J connectivity index is 2.00. The summed E-state index contributed by atoms with van der Waals surface area (Å²) in [5.74, 6) is 0.188. The second kappa shape index (κ2) is 12.7. The van der Waals surface area contributed by atoms with Crippen LogP contribution < -0.4 is 5.73 Å². The number of amides is 1. The van der Waals surface area contributed by atoms with Crippen LogP contribution in [0.1, 0.15) is 57.8 Å². The lowest BCUT2D eigenvalue weighted by Gasteiger charge is -2.25. The Morgan fingerprint density at radius 2 is 1.68 bits per heavy atom. The van der Waals surface area contributed by atoms with Gasteiger partial charge in [-0.2, -0.15) is 0 Å². The van der Waals surface area contributed by atoms with Crippen molar-refractivity contribution in [3.63, 3.8) is 0 Å². The predicted octanol–water partition coefficient (Wildman–Crippen LogP) is 2.79. The highest BCUT2D eigenvalue weighted by Crippen LogP contribution is 2.09. The van der Waals surface area contributed by atoms with Gasteiger partial charge in [0.05, 0.1) is 0 Å². The van der Waals surface area contributed by atoms with Gasteiger partial charge in [0.25, 0.3) is 0 Å². The number of hydrogen-bond donors (Lipinski definition) is 1. The molecule has 0 unspecified atom stereocenters. The summed E-state index contributed by atoms with van der Waals surface area (Å²) in [4.78, 5) is 16.2. The summed E-state index contributed by atoms with van der Waals surface area (Å²) in [6.45, 7) is 4.67. The smallest absolute Gasteiger partial charge is 0.246 e. The van der Waals surface area contributed by atoms with Crippen LogP contribution in [0, 0.1) is 0 Å². The molecular formula is C18H35N3O. The molecule has 4 heteroatoms. The summed E-state index contributed by atoms with van der Waals surface area (Å²) in [7, 11) is 2.13. The zero-order valence-electron chi connectivity index (χ0n) is 14.4. The summed E-state index contributed by atoms with van der Waals surface area (Å²) < 4.78 is 0. The molecule has 0 bridgehead atoms. The van der Waals surface area contributed by atoms with E-state index in [1.165, 1.54) is 38.5 Å². The largest absolute Gasteiger partial charge is 0.339 e. The summed E-state index contributed by atoms with van der Waals surface area (Å²) in [5, 5.41) is 0. The molecule has 0 radical (unpaired) electrons. The number of hydrogen-bond acceptors (Lipinski definition) is 3. The van der Waals surface area contributed by atoms with Crippen LogP contribution in [0.25, 0.3) is 0 Å². The fourth-order valence-electron chi connectivity index (χ4n) is 2.88. The van der Waals surface area contributed by atoms with E-state index in [0.29, 0.717) is 0 Å². The van der Waals surface area contributed by atoms with Crippen LogP contribution >= 0.6 is 0 Å².